The number of carboxylic acid groups (broad SMARTS) is 1. The fourth-order valence-corrected chi connectivity index (χ4v) is 2.00. The van der Waals surface area contributed by atoms with E-state index in [1.54, 1.807) is 11.8 Å². The van der Waals surface area contributed by atoms with Gasteiger partial charge in [-0.05, 0) is 19.8 Å². The maximum Gasteiger partial charge on any atom is 0.306 e. The average Bonchev–Trinajstić information content (AvgIpc) is 2.74. The number of hydrogen-bond acceptors (Lipinski definition) is 4. The van der Waals surface area contributed by atoms with Gasteiger partial charge in [0, 0.05) is 13.1 Å². The zero-order valence-corrected chi connectivity index (χ0v) is 9.55. The molecule has 6 nitrogen and oxygen atoms in total. The predicted octanol–water partition coefficient (Wildman–Crippen LogP) is 0.920. The molecule has 1 N–H and O–H groups in total. The van der Waals surface area contributed by atoms with Crippen molar-refractivity contribution in [3.8, 4) is 0 Å². The van der Waals surface area contributed by atoms with E-state index in [4.69, 9.17) is 9.63 Å². The van der Waals surface area contributed by atoms with E-state index in [9.17, 15) is 9.59 Å². The highest BCUT2D eigenvalue weighted by Crippen LogP contribution is 2.20. The number of amides is 1. The molecule has 17 heavy (non-hydrogen) atoms. The first-order valence-electron chi connectivity index (χ1n) is 5.53. The molecule has 0 radical (unpaired) electrons. The largest absolute Gasteiger partial charge is 0.481 e. The predicted molar refractivity (Wildman–Crippen MR) is 57.5 cm³/mol. The van der Waals surface area contributed by atoms with Crippen LogP contribution in [-0.2, 0) is 4.79 Å². The Morgan fingerprint density at radius 3 is 2.59 bits per heavy atom. The summed E-state index contributed by atoms with van der Waals surface area (Å²) in [6.45, 7) is 2.63. The number of carbonyl (C=O) groups is 2. The van der Waals surface area contributed by atoms with E-state index in [1.165, 1.54) is 6.20 Å². The number of hydrogen-bond donors (Lipinski definition) is 1. The van der Waals surface area contributed by atoms with Gasteiger partial charge in [0.05, 0.1) is 12.1 Å². The normalized spacial score (nSPS) is 17.1. The molecule has 6 heteroatoms. The fraction of sp³-hybridized carbons (Fsp3) is 0.545. The average molecular weight is 238 g/mol. The van der Waals surface area contributed by atoms with Crippen LogP contribution < -0.4 is 0 Å². The number of rotatable bonds is 2. The molecule has 2 heterocycles. The third-order valence-electron chi connectivity index (χ3n) is 3.11. The van der Waals surface area contributed by atoms with Crippen molar-refractivity contribution in [3.05, 3.63) is 17.5 Å². The van der Waals surface area contributed by atoms with Gasteiger partial charge in [0.2, 0.25) is 0 Å². The molecule has 0 aromatic carbocycles. The second kappa shape index (κ2) is 4.57. The molecule has 92 valence electrons. The summed E-state index contributed by atoms with van der Waals surface area (Å²) >= 11 is 0. The number of carbonyl (C=O) groups excluding carboxylic acids is 1. The molecule has 0 bridgehead atoms. The minimum atomic E-state index is -0.779. The molecule has 1 aromatic heterocycles. The van der Waals surface area contributed by atoms with Gasteiger partial charge in [0.1, 0.15) is 11.3 Å². The fourth-order valence-electron chi connectivity index (χ4n) is 2.00. The van der Waals surface area contributed by atoms with Crippen LogP contribution in [0.3, 0.4) is 0 Å². The van der Waals surface area contributed by atoms with Crippen molar-refractivity contribution in [2.45, 2.75) is 19.8 Å². The summed E-state index contributed by atoms with van der Waals surface area (Å²) in [5.41, 5.74) is 0.457. The molecule has 1 fully saturated rings. The smallest absolute Gasteiger partial charge is 0.306 e. The van der Waals surface area contributed by atoms with Gasteiger partial charge in [-0.1, -0.05) is 5.16 Å². The molecule has 0 saturated carbocycles. The van der Waals surface area contributed by atoms with Crippen LogP contribution in [0.5, 0.6) is 0 Å². The highest BCUT2D eigenvalue weighted by molar-refractivity contribution is 5.94. The van der Waals surface area contributed by atoms with Gasteiger partial charge < -0.3 is 14.5 Å². The summed E-state index contributed by atoms with van der Waals surface area (Å²) in [4.78, 5) is 24.5. The summed E-state index contributed by atoms with van der Waals surface area (Å²) < 4.78 is 4.84. The number of aliphatic carboxylic acids is 1. The SMILES string of the molecule is Cc1oncc1C(=O)N1CCC(C(=O)O)CC1. The number of carboxylic acids is 1. The maximum atomic E-state index is 12.0. The molecule has 2 rings (SSSR count). The molecule has 0 unspecified atom stereocenters. The Morgan fingerprint density at radius 1 is 1.47 bits per heavy atom. The Kier molecular flexibility index (Phi) is 3.12. The second-order valence-electron chi connectivity index (χ2n) is 4.20. The Balaban J connectivity index is 2.00. The van der Waals surface area contributed by atoms with Crippen LogP contribution in [0.15, 0.2) is 10.7 Å². The minimum absolute atomic E-state index is 0.132. The van der Waals surface area contributed by atoms with Gasteiger partial charge in [-0.3, -0.25) is 9.59 Å². The van der Waals surface area contributed by atoms with E-state index < -0.39 is 5.97 Å². The van der Waals surface area contributed by atoms with Gasteiger partial charge in [-0.2, -0.15) is 0 Å². The third-order valence-corrected chi connectivity index (χ3v) is 3.11. The number of aryl methyl sites for hydroxylation is 1. The molecule has 1 saturated heterocycles. The van der Waals surface area contributed by atoms with Gasteiger partial charge in [-0.15, -0.1) is 0 Å². The van der Waals surface area contributed by atoms with E-state index in [0.29, 0.717) is 37.3 Å². The lowest BCUT2D eigenvalue weighted by Gasteiger charge is -2.29. The van der Waals surface area contributed by atoms with Crippen LogP contribution in [0.4, 0.5) is 0 Å². The summed E-state index contributed by atoms with van der Waals surface area (Å²) in [6, 6.07) is 0. The molecule has 0 spiro atoms. The van der Waals surface area contributed by atoms with Crippen molar-refractivity contribution in [1.82, 2.24) is 10.1 Å². The molecular weight excluding hydrogens is 224 g/mol. The molecule has 1 aromatic rings. The van der Waals surface area contributed by atoms with E-state index in [0.717, 1.165) is 0 Å². The van der Waals surface area contributed by atoms with Gasteiger partial charge >= 0.3 is 5.97 Å². The number of nitrogens with zero attached hydrogens (tertiary/aromatic N) is 2. The van der Waals surface area contributed by atoms with Crippen molar-refractivity contribution < 1.29 is 19.2 Å². The van der Waals surface area contributed by atoms with Crippen molar-refractivity contribution in [2.75, 3.05) is 13.1 Å². The van der Waals surface area contributed by atoms with E-state index in [2.05, 4.69) is 5.16 Å². The molecule has 1 aliphatic rings. The molecule has 1 amide bonds. The van der Waals surface area contributed by atoms with Gasteiger partial charge in [-0.25, -0.2) is 0 Å². The summed E-state index contributed by atoms with van der Waals surface area (Å²) in [6.07, 6.45) is 2.41. The van der Waals surface area contributed by atoms with E-state index >= 15 is 0 Å². The Labute approximate surface area is 98.2 Å². The van der Waals surface area contributed by atoms with Crippen LogP contribution in [-0.4, -0.2) is 40.1 Å². The van der Waals surface area contributed by atoms with Crippen molar-refractivity contribution >= 4 is 11.9 Å². The van der Waals surface area contributed by atoms with Crippen molar-refractivity contribution in [1.29, 1.82) is 0 Å². The van der Waals surface area contributed by atoms with Crippen molar-refractivity contribution in [3.63, 3.8) is 0 Å². The zero-order chi connectivity index (χ0) is 12.4. The van der Waals surface area contributed by atoms with E-state index in [1.807, 2.05) is 0 Å². The highest BCUT2D eigenvalue weighted by Gasteiger charge is 2.28. The summed E-state index contributed by atoms with van der Waals surface area (Å²) in [7, 11) is 0. The quantitative estimate of drug-likeness (QED) is 0.828. The van der Waals surface area contributed by atoms with Crippen LogP contribution in [0.1, 0.15) is 29.0 Å². The summed E-state index contributed by atoms with van der Waals surface area (Å²) in [5, 5.41) is 12.4. The monoisotopic (exact) mass is 238 g/mol. The van der Waals surface area contributed by atoms with Crippen LogP contribution in [0.25, 0.3) is 0 Å². The lowest BCUT2D eigenvalue weighted by molar-refractivity contribution is -0.143. The third kappa shape index (κ3) is 2.30. The molecule has 0 aliphatic carbocycles. The molecular formula is C11H14N2O4. The first kappa shape index (κ1) is 11.6. The van der Waals surface area contributed by atoms with E-state index in [-0.39, 0.29) is 11.8 Å². The van der Waals surface area contributed by atoms with Crippen LogP contribution in [0.2, 0.25) is 0 Å². The van der Waals surface area contributed by atoms with Crippen molar-refractivity contribution in [2.24, 2.45) is 5.92 Å². The van der Waals surface area contributed by atoms with Crippen LogP contribution in [0, 0.1) is 12.8 Å². The van der Waals surface area contributed by atoms with Crippen LogP contribution >= 0.6 is 0 Å². The Hall–Kier alpha value is -1.85. The van der Waals surface area contributed by atoms with Gasteiger partial charge in [0.15, 0.2) is 0 Å². The Bertz CT molecular complexity index is 432. The first-order chi connectivity index (χ1) is 8.09. The zero-order valence-electron chi connectivity index (χ0n) is 9.55. The van der Waals surface area contributed by atoms with Gasteiger partial charge in [0.25, 0.3) is 5.91 Å². The number of piperidine rings is 1. The standard InChI is InChI=1S/C11H14N2O4/c1-7-9(6-12-17-7)10(14)13-4-2-8(3-5-13)11(15)16/h6,8H,2-5H2,1H3,(H,15,16). The summed E-state index contributed by atoms with van der Waals surface area (Å²) in [5.74, 6) is -0.746. The highest BCUT2D eigenvalue weighted by atomic mass is 16.5. The topological polar surface area (TPSA) is 83.6 Å². The lowest BCUT2D eigenvalue weighted by atomic mass is 9.97. The molecule has 1 aliphatic heterocycles. The maximum absolute atomic E-state index is 12.0. The minimum Gasteiger partial charge on any atom is -0.481 e. The first-order valence-corrected chi connectivity index (χ1v) is 5.53. The number of aromatic nitrogens is 1. The molecule has 0 atom stereocenters. The number of likely N-dealkylation sites (tertiary alicyclic amines) is 1. The second-order valence-corrected chi connectivity index (χ2v) is 4.20. The lowest BCUT2D eigenvalue weighted by Crippen LogP contribution is -2.40. The Morgan fingerprint density at radius 2 is 2.12 bits per heavy atom.